The van der Waals surface area contributed by atoms with Crippen LogP contribution < -0.4 is 17.0 Å². The summed E-state index contributed by atoms with van der Waals surface area (Å²) in [7, 11) is 0. The van der Waals surface area contributed by atoms with Gasteiger partial charge in [-0.1, -0.05) is 0 Å². The van der Waals surface area contributed by atoms with Crippen molar-refractivity contribution in [1.29, 1.82) is 0 Å². The number of nitrogens with two attached hydrogens (primary N) is 2. The number of nitro groups is 1. The lowest BCUT2D eigenvalue weighted by molar-refractivity contribution is -0.385. The van der Waals surface area contributed by atoms with Crippen LogP contribution in [0, 0.1) is 10.1 Å². The molecule has 3 aromatic rings. The number of halogens is 3. The van der Waals surface area contributed by atoms with Crippen molar-refractivity contribution in [2.75, 3.05) is 11.2 Å². The third-order valence-electron chi connectivity index (χ3n) is 3.57. The van der Waals surface area contributed by atoms with Crippen molar-refractivity contribution in [3.8, 4) is 0 Å². The summed E-state index contributed by atoms with van der Waals surface area (Å²) in [5.74, 6) is 5.29. The summed E-state index contributed by atoms with van der Waals surface area (Å²) < 4.78 is 41.2. The van der Waals surface area contributed by atoms with Crippen LogP contribution in [0.4, 0.5) is 30.6 Å². The smallest absolute Gasteiger partial charge is 0.368 e. The van der Waals surface area contributed by atoms with E-state index in [4.69, 9.17) is 11.6 Å². The Morgan fingerprint density at radius 1 is 1.31 bits per heavy atom. The minimum absolute atomic E-state index is 0.117. The van der Waals surface area contributed by atoms with Crippen molar-refractivity contribution >= 4 is 28.6 Å². The van der Waals surface area contributed by atoms with Crippen LogP contribution in [0.1, 0.15) is 11.1 Å². The first-order chi connectivity index (χ1) is 12.2. The van der Waals surface area contributed by atoms with Crippen molar-refractivity contribution in [3.05, 3.63) is 45.8 Å². The van der Waals surface area contributed by atoms with Gasteiger partial charge in [0, 0.05) is 12.1 Å². The molecule has 0 fully saturated rings. The standard InChI is InChI=1S/C13H11F3N8O2/c14-13(15,16)8-3-7(24(25)26)2-1-6(8)4-23-5-19-9-10(22-18)20-12(17)21-11(9)23/h1-3,5H,4,18H2,(H3,17,20,21,22). The van der Waals surface area contributed by atoms with Crippen molar-refractivity contribution in [1.82, 2.24) is 19.5 Å². The van der Waals surface area contributed by atoms with Crippen LogP contribution in [0.5, 0.6) is 0 Å². The zero-order chi connectivity index (χ0) is 19.1. The third kappa shape index (κ3) is 3.06. The first-order valence-corrected chi connectivity index (χ1v) is 7.00. The second-order valence-electron chi connectivity index (χ2n) is 5.22. The highest BCUT2D eigenvalue weighted by atomic mass is 19.4. The number of alkyl halides is 3. The number of hydrazine groups is 1. The fourth-order valence-electron chi connectivity index (χ4n) is 2.44. The summed E-state index contributed by atoms with van der Waals surface area (Å²) in [6.45, 7) is -0.288. The summed E-state index contributed by atoms with van der Waals surface area (Å²) in [4.78, 5) is 21.7. The fourth-order valence-corrected chi connectivity index (χ4v) is 2.44. The van der Waals surface area contributed by atoms with E-state index in [0.717, 1.165) is 12.1 Å². The molecule has 0 aliphatic heterocycles. The van der Waals surface area contributed by atoms with Crippen molar-refractivity contribution < 1.29 is 18.1 Å². The Kier molecular flexibility index (Phi) is 4.07. The topological polar surface area (TPSA) is 151 Å². The van der Waals surface area contributed by atoms with Crippen molar-refractivity contribution in [2.45, 2.75) is 12.7 Å². The molecule has 0 saturated carbocycles. The Morgan fingerprint density at radius 3 is 2.65 bits per heavy atom. The molecule has 0 unspecified atom stereocenters. The van der Waals surface area contributed by atoms with E-state index in [1.807, 2.05) is 0 Å². The summed E-state index contributed by atoms with van der Waals surface area (Å²) in [5, 5.41) is 10.8. The van der Waals surface area contributed by atoms with E-state index in [-0.39, 0.29) is 35.0 Å². The molecule has 0 amide bonds. The van der Waals surface area contributed by atoms with Crippen LogP contribution in [-0.2, 0) is 12.7 Å². The first kappa shape index (κ1) is 17.3. The molecule has 0 radical (unpaired) electrons. The molecule has 0 aliphatic rings. The van der Waals surface area contributed by atoms with Crippen LogP contribution in [0.3, 0.4) is 0 Å². The lowest BCUT2D eigenvalue weighted by Gasteiger charge is -2.13. The van der Waals surface area contributed by atoms with Gasteiger partial charge in [0.25, 0.3) is 5.69 Å². The fraction of sp³-hybridized carbons (Fsp3) is 0.154. The monoisotopic (exact) mass is 368 g/mol. The number of non-ortho nitro benzene ring substituents is 1. The molecule has 136 valence electrons. The van der Waals surface area contributed by atoms with E-state index in [1.54, 1.807) is 0 Å². The quantitative estimate of drug-likeness (QED) is 0.357. The molecule has 0 aliphatic carbocycles. The molecule has 10 nitrogen and oxygen atoms in total. The number of rotatable bonds is 4. The molecule has 2 heterocycles. The highest BCUT2D eigenvalue weighted by Crippen LogP contribution is 2.35. The second-order valence-corrected chi connectivity index (χ2v) is 5.22. The van der Waals surface area contributed by atoms with Gasteiger partial charge in [0.1, 0.15) is 0 Å². The molecule has 26 heavy (non-hydrogen) atoms. The van der Waals surface area contributed by atoms with Crippen molar-refractivity contribution in [2.24, 2.45) is 5.84 Å². The molecule has 1 aromatic carbocycles. The van der Waals surface area contributed by atoms with Gasteiger partial charge in [0.15, 0.2) is 17.0 Å². The largest absolute Gasteiger partial charge is 0.416 e. The van der Waals surface area contributed by atoms with E-state index >= 15 is 0 Å². The van der Waals surface area contributed by atoms with Crippen LogP contribution in [0.25, 0.3) is 11.2 Å². The maximum atomic E-state index is 13.3. The summed E-state index contributed by atoms with van der Waals surface area (Å²) in [6.07, 6.45) is -3.52. The summed E-state index contributed by atoms with van der Waals surface area (Å²) >= 11 is 0. The number of fused-ring (bicyclic) bond motifs is 1. The van der Waals surface area contributed by atoms with Crippen molar-refractivity contribution in [3.63, 3.8) is 0 Å². The number of hydrogen-bond donors (Lipinski definition) is 3. The number of benzene rings is 1. The lowest BCUT2D eigenvalue weighted by Crippen LogP contribution is -2.13. The Labute approximate surface area is 142 Å². The highest BCUT2D eigenvalue weighted by Gasteiger charge is 2.35. The second kappa shape index (κ2) is 6.11. The molecule has 2 aromatic heterocycles. The number of hydrogen-bond acceptors (Lipinski definition) is 8. The minimum atomic E-state index is -4.77. The molecular weight excluding hydrogens is 357 g/mol. The first-order valence-electron chi connectivity index (χ1n) is 7.00. The average molecular weight is 368 g/mol. The molecule has 0 saturated heterocycles. The molecule has 0 spiro atoms. The Hall–Kier alpha value is -3.48. The number of imidazole rings is 1. The number of nitro benzene ring substituents is 1. The van der Waals surface area contributed by atoms with Crippen LogP contribution in [-0.4, -0.2) is 24.4 Å². The molecule has 5 N–H and O–H groups in total. The van der Waals surface area contributed by atoms with Gasteiger partial charge in [0.2, 0.25) is 5.95 Å². The molecule has 3 rings (SSSR count). The van der Waals surface area contributed by atoms with Crippen LogP contribution in [0.2, 0.25) is 0 Å². The minimum Gasteiger partial charge on any atom is -0.368 e. The zero-order valence-electron chi connectivity index (χ0n) is 12.9. The molecular formula is C13H11F3N8O2. The number of nitrogens with zero attached hydrogens (tertiary/aromatic N) is 5. The predicted octanol–water partition coefficient (Wildman–Crippen LogP) is 1.67. The van der Waals surface area contributed by atoms with Gasteiger partial charge >= 0.3 is 6.18 Å². The van der Waals surface area contributed by atoms with Gasteiger partial charge in [0.05, 0.1) is 23.4 Å². The van der Waals surface area contributed by atoms with Gasteiger partial charge in [-0.05, 0) is 11.6 Å². The van der Waals surface area contributed by atoms with Gasteiger partial charge in [-0.2, -0.15) is 23.1 Å². The van der Waals surface area contributed by atoms with Crippen LogP contribution >= 0.6 is 0 Å². The van der Waals surface area contributed by atoms with Gasteiger partial charge in [-0.15, -0.1) is 0 Å². The van der Waals surface area contributed by atoms with E-state index in [1.165, 1.54) is 10.9 Å². The average Bonchev–Trinajstić information content (AvgIpc) is 2.96. The summed E-state index contributed by atoms with van der Waals surface area (Å²) in [5.41, 5.74) is 6.26. The molecule has 13 heteroatoms. The molecule has 0 atom stereocenters. The maximum Gasteiger partial charge on any atom is 0.416 e. The Bertz CT molecular complexity index is 1000. The van der Waals surface area contributed by atoms with E-state index in [2.05, 4.69) is 20.4 Å². The zero-order valence-corrected chi connectivity index (χ0v) is 12.9. The third-order valence-corrected chi connectivity index (χ3v) is 3.57. The van der Waals surface area contributed by atoms with Gasteiger partial charge in [-0.25, -0.2) is 10.8 Å². The molecule has 0 bridgehead atoms. The SMILES string of the molecule is NNc1nc(N)nc2c1ncn2Cc1ccc([N+](=O)[O-])cc1C(F)(F)F. The van der Waals surface area contributed by atoms with Crippen LogP contribution in [0.15, 0.2) is 24.5 Å². The van der Waals surface area contributed by atoms with Gasteiger partial charge in [-0.3, -0.25) is 10.1 Å². The summed E-state index contributed by atoms with van der Waals surface area (Å²) in [6, 6.07) is 2.53. The Balaban J connectivity index is 2.11. The normalized spacial score (nSPS) is 11.7. The van der Waals surface area contributed by atoms with E-state index in [0.29, 0.717) is 6.07 Å². The maximum absolute atomic E-state index is 13.3. The number of nitrogen functional groups attached to an aromatic ring is 2. The van der Waals surface area contributed by atoms with E-state index < -0.39 is 22.4 Å². The van der Waals surface area contributed by atoms with Gasteiger partial charge < -0.3 is 15.7 Å². The predicted molar refractivity (Wildman–Crippen MR) is 84.7 cm³/mol. The lowest BCUT2D eigenvalue weighted by atomic mass is 10.1. The Morgan fingerprint density at radius 2 is 2.04 bits per heavy atom. The highest BCUT2D eigenvalue weighted by molar-refractivity contribution is 5.83. The number of anilines is 2. The number of nitrogens with one attached hydrogen (secondary N) is 1. The van der Waals surface area contributed by atoms with E-state index in [9.17, 15) is 23.3 Å². The number of aromatic nitrogens is 4.